The van der Waals surface area contributed by atoms with Crippen molar-refractivity contribution in [2.24, 2.45) is 0 Å². The van der Waals surface area contributed by atoms with Gasteiger partial charge in [0, 0.05) is 35.4 Å². The maximum absolute atomic E-state index is 3.61. The molecule has 0 fully saturated rings. The smallest absolute Gasteiger partial charge is 0.0462 e. The van der Waals surface area contributed by atoms with Crippen molar-refractivity contribution < 1.29 is 25.8 Å². The molecule has 0 aromatic heterocycles. The summed E-state index contributed by atoms with van der Waals surface area (Å²) < 4.78 is 0. The topological polar surface area (TPSA) is 0 Å². The molecular weight excluding hydrogens is 495 g/mol. The molecule has 4 rings (SSSR count). The first kappa shape index (κ1) is 22.3. The Hall–Kier alpha value is -1.77. The maximum atomic E-state index is 3.61. The van der Waals surface area contributed by atoms with Crippen molar-refractivity contribution >= 4 is 31.1 Å². The van der Waals surface area contributed by atoms with Gasteiger partial charge in [-0.2, -0.15) is 35.0 Å². The minimum absolute atomic E-state index is 0. The molecule has 0 nitrogen and oxygen atoms in total. The molecule has 0 aliphatic carbocycles. The minimum Gasteiger partial charge on any atom is -0.168 e. The minimum atomic E-state index is 0. The van der Waals surface area contributed by atoms with E-state index < -0.39 is 0 Å². The fourth-order valence-electron chi connectivity index (χ4n) is 2.43. The van der Waals surface area contributed by atoms with Gasteiger partial charge < -0.3 is 0 Å². The fraction of sp³-hybridized carbons (Fsp3) is 0.0833. The molecule has 0 heterocycles. The van der Waals surface area contributed by atoms with E-state index in [0.29, 0.717) is 0 Å². The molecule has 0 saturated heterocycles. The van der Waals surface area contributed by atoms with E-state index in [1.165, 1.54) is 21.5 Å². The van der Waals surface area contributed by atoms with Gasteiger partial charge in [0.1, 0.15) is 0 Å². The Kier molecular flexibility index (Phi) is 11.5. The van der Waals surface area contributed by atoms with E-state index in [2.05, 4.69) is 98.1 Å². The summed E-state index contributed by atoms with van der Waals surface area (Å²) in [5.41, 5.74) is 0. The Morgan fingerprint density at radius 3 is 1.50 bits per heavy atom. The number of benzene rings is 2. The Morgan fingerprint density at radius 2 is 1.12 bits per heavy atom. The first-order chi connectivity index (χ1) is 12.3. The molecule has 0 atom stereocenters. The van der Waals surface area contributed by atoms with Crippen molar-refractivity contribution in [1.29, 1.82) is 0 Å². The van der Waals surface area contributed by atoms with Gasteiger partial charge in [0.2, 0.25) is 0 Å². The van der Waals surface area contributed by atoms with Crippen LogP contribution in [0.4, 0.5) is 0 Å². The number of allylic oxidation sites excluding steroid dienone is 2. The molecule has 0 aliphatic heterocycles. The van der Waals surface area contributed by atoms with E-state index in [1.807, 2.05) is 12.2 Å². The van der Waals surface area contributed by atoms with Crippen molar-refractivity contribution in [1.82, 2.24) is 0 Å². The Morgan fingerprint density at radius 1 is 0.692 bits per heavy atom. The monoisotopic (exact) mass is 520 g/mol. The molecule has 4 aromatic rings. The summed E-state index contributed by atoms with van der Waals surface area (Å²) in [5, 5.41) is 5.32. The van der Waals surface area contributed by atoms with Crippen LogP contribution in [0, 0.1) is 0 Å². The average molecular weight is 519 g/mol. The quantitative estimate of drug-likeness (QED) is 0.118. The molecule has 2 radical (unpaired) electrons. The van der Waals surface area contributed by atoms with Crippen LogP contribution in [-0.2, 0) is 25.8 Å². The standard InChI is InChI=1S/2C9H7.C6H10Si.Hf/c2*1-2-5-9-7-3-6-8(9)4-1;1-3-5-7-6-4-2;/h2*1-7H;3-4H,1-2,5-6H2;/q2*-1;;. The second-order valence-electron chi connectivity index (χ2n) is 5.54. The van der Waals surface area contributed by atoms with E-state index in [9.17, 15) is 0 Å². The van der Waals surface area contributed by atoms with Gasteiger partial charge in [0.05, 0.1) is 0 Å². The third-order valence-corrected chi connectivity index (χ3v) is 4.83. The summed E-state index contributed by atoms with van der Waals surface area (Å²) in [5.74, 6) is 0. The van der Waals surface area contributed by atoms with Gasteiger partial charge in [-0.1, -0.05) is 24.3 Å². The van der Waals surface area contributed by atoms with Crippen LogP contribution in [0.2, 0.25) is 12.1 Å². The summed E-state index contributed by atoms with van der Waals surface area (Å²) in [7, 11) is 0.996. The van der Waals surface area contributed by atoms with Gasteiger partial charge >= 0.3 is 0 Å². The molecule has 4 aromatic carbocycles. The summed E-state index contributed by atoms with van der Waals surface area (Å²) in [6.07, 6.45) is 3.89. The molecule has 0 saturated carbocycles. The summed E-state index contributed by atoms with van der Waals surface area (Å²) in [4.78, 5) is 0. The van der Waals surface area contributed by atoms with Gasteiger partial charge in [-0.15, -0.1) is 72.5 Å². The van der Waals surface area contributed by atoms with Crippen LogP contribution in [0.5, 0.6) is 0 Å². The van der Waals surface area contributed by atoms with Crippen LogP contribution in [0.25, 0.3) is 21.5 Å². The van der Waals surface area contributed by atoms with E-state index in [1.54, 1.807) is 0 Å². The largest absolute Gasteiger partial charge is 0.168 e. The van der Waals surface area contributed by atoms with E-state index in [-0.39, 0.29) is 25.8 Å². The fourth-order valence-corrected chi connectivity index (χ4v) is 3.00. The van der Waals surface area contributed by atoms with Crippen molar-refractivity contribution in [2.75, 3.05) is 0 Å². The van der Waals surface area contributed by atoms with Crippen LogP contribution in [0.3, 0.4) is 0 Å². The maximum Gasteiger partial charge on any atom is 0.0462 e. The molecule has 0 spiro atoms. The zero-order chi connectivity index (χ0) is 17.7. The third-order valence-electron chi connectivity index (χ3n) is 3.67. The normalized spacial score (nSPS) is 9.23. The average Bonchev–Trinajstić information content (AvgIpc) is 3.32. The van der Waals surface area contributed by atoms with Gasteiger partial charge in [0.25, 0.3) is 0 Å². The zero-order valence-corrected chi connectivity index (χ0v) is 19.7. The zero-order valence-electron chi connectivity index (χ0n) is 15.1. The first-order valence-corrected chi connectivity index (χ1v) is 9.90. The molecule has 0 amide bonds. The number of hydrogen-bond donors (Lipinski definition) is 0. The summed E-state index contributed by atoms with van der Waals surface area (Å²) in [6, 6.07) is 31.6. The summed E-state index contributed by atoms with van der Waals surface area (Å²) >= 11 is 0. The van der Waals surface area contributed by atoms with Crippen LogP contribution in [-0.4, -0.2) is 9.52 Å². The predicted octanol–water partition coefficient (Wildman–Crippen LogP) is 7.01. The van der Waals surface area contributed by atoms with Crippen LogP contribution in [0.1, 0.15) is 0 Å². The van der Waals surface area contributed by atoms with Gasteiger partial charge in [-0.05, 0) is 12.1 Å². The molecule has 26 heavy (non-hydrogen) atoms. The first-order valence-electron chi connectivity index (χ1n) is 8.48. The van der Waals surface area contributed by atoms with Crippen molar-refractivity contribution in [3.8, 4) is 0 Å². The molecule has 2 heteroatoms. The molecule has 130 valence electrons. The molecule has 0 unspecified atom stereocenters. The predicted molar refractivity (Wildman–Crippen MR) is 115 cm³/mol. The molecular formula is C24H24HfSi-2. The van der Waals surface area contributed by atoms with E-state index in [0.717, 1.165) is 21.6 Å². The van der Waals surface area contributed by atoms with Crippen molar-refractivity contribution in [3.63, 3.8) is 0 Å². The second kappa shape index (κ2) is 13.4. The van der Waals surface area contributed by atoms with Crippen LogP contribution in [0.15, 0.2) is 110 Å². The number of rotatable bonds is 4. The summed E-state index contributed by atoms with van der Waals surface area (Å²) in [6.45, 7) is 7.21. The molecule has 0 aliphatic rings. The third kappa shape index (κ3) is 7.63. The SMILES string of the molecule is C=CC[Si]CC=C.[Hf].c1ccc2[cH-]ccc2c1.c1ccc2[cH-]ccc2c1. The van der Waals surface area contributed by atoms with Crippen molar-refractivity contribution in [2.45, 2.75) is 12.1 Å². The Labute approximate surface area is 178 Å². The van der Waals surface area contributed by atoms with Gasteiger partial charge in [-0.25, -0.2) is 0 Å². The van der Waals surface area contributed by atoms with Gasteiger partial charge in [0.15, 0.2) is 0 Å². The number of hydrogen-bond acceptors (Lipinski definition) is 0. The van der Waals surface area contributed by atoms with Crippen LogP contribution >= 0.6 is 0 Å². The Bertz CT molecular complexity index is 751. The molecule has 0 bridgehead atoms. The molecule has 0 N–H and O–H groups in total. The van der Waals surface area contributed by atoms with E-state index >= 15 is 0 Å². The van der Waals surface area contributed by atoms with Gasteiger partial charge in [-0.3, -0.25) is 0 Å². The second-order valence-corrected chi connectivity index (χ2v) is 6.86. The Balaban J connectivity index is 0.000000194. The number of fused-ring (bicyclic) bond motifs is 2. The van der Waals surface area contributed by atoms with Crippen LogP contribution < -0.4 is 0 Å². The van der Waals surface area contributed by atoms with Crippen molar-refractivity contribution in [3.05, 3.63) is 110 Å². The van der Waals surface area contributed by atoms with E-state index in [4.69, 9.17) is 0 Å².